The van der Waals surface area contributed by atoms with Crippen molar-refractivity contribution in [2.24, 2.45) is 0 Å². The van der Waals surface area contributed by atoms with E-state index in [-0.39, 0.29) is 29.6 Å². The summed E-state index contributed by atoms with van der Waals surface area (Å²) in [5.41, 5.74) is 0. The molecule has 0 atom stereocenters. The second kappa shape index (κ2) is 6.47. The molecule has 0 aliphatic carbocycles. The van der Waals surface area contributed by atoms with Gasteiger partial charge < -0.3 is 5.11 Å². The Bertz CT molecular complexity index is 53.7. The molecule has 0 spiro atoms. The van der Waals surface area contributed by atoms with Crippen molar-refractivity contribution in [3.63, 3.8) is 0 Å². The normalized spacial score (nSPS) is 7.00. The molecule has 0 aliphatic heterocycles. The Morgan fingerprint density at radius 1 is 1.71 bits per heavy atom. The molecule has 3 heteroatoms. The summed E-state index contributed by atoms with van der Waals surface area (Å²) in [4.78, 5) is 9.60. The topological polar surface area (TPSA) is 37.3 Å². The fourth-order valence-corrected chi connectivity index (χ4v) is 0.214. The summed E-state index contributed by atoms with van der Waals surface area (Å²) in [6.45, 7) is 1.84. The van der Waals surface area contributed by atoms with E-state index in [9.17, 15) is 4.79 Å². The molecular formula is C4H8NaO2. The van der Waals surface area contributed by atoms with Crippen LogP contribution in [-0.4, -0.2) is 40.6 Å². The first-order valence-corrected chi connectivity index (χ1v) is 1.99. The molecule has 0 heterocycles. The molecule has 0 aromatic carbocycles. The minimum Gasteiger partial charge on any atom is -0.481 e. The number of hydrogen-bond donors (Lipinski definition) is 1. The van der Waals surface area contributed by atoms with Crippen molar-refractivity contribution in [2.75, 3.05) is 0 Å². The predicted octanol–water partition coefficient (Wildman–Crippen LogP) is 0.490. The molecular weight excluding hydrogens is 104 g/mol. The van der Waals surface area contributed by atoms with Crippen LogP contribution in [-0.2, 0) is 4.79 Å². The first-order valence-electron chi connectivity index (χ1n) is 1.99. The van der Waals surface area contributed by atoms with E-state index < -0.39 is 5.97 Å². The van der Waals surface area contributed by atoms with Gasteiger partial charge in [-0.15, -0.1) is 0 Å². The monoisotopic (exact) mass is 112 g/mol. The van der Waals surface area contributed by atoms with Gasteiger partial charge in [0.25, 0.3) is 0 Å². The zero-order valence-electron chi connectivity index (χ0n) is 4.77. The Balaban J connectivity index is 0. The maximum absolute atomic E-state index is 9.60. The Labute approximate surface area is 65.2 Å². The Morgan fingerprint density at radius 3 is 2.14 bits per heavy atom. The predicted molar refractivity (Wildman–Crippen MR) is 28.3 cm³/mol. The van der Waals surface area contributed by atoms with Crippen LogP contribution in [0.1, 0.15) is 19.8 Å². The molecule has 1 N–H and O–H groups in total. The third-order valence-electron chi connectivity index (χ3n) is 0.464. The van der Waals surface area contributed by atoms with E-state index in [1.807, 2.05) is 6.92 Å². The number of rotatable bonds is 2. The molecule has 0 aromatic heterocycles. The van der Waals surface area contributed by atoms with Gasteiger partial charge in [-0.2, -0.15) is 0 Å². The molecule has 0 rings (SSSR count). The van der Waals surface area contributed by atoms with Gasteiger partial charge in [0.05, 0.1) is 0 Å². The van der Waals surface area contributed by atoms with E-state index in [0.29, 0.717) is 6.42 Å². The third-order valence-corrected chi connectivity index (χ3v) is 0.464. The van der Waals surface area contributed by atoms with Gasteiger partial charge in [-0.3, -0.25) is 4.79 Å². The Morgan fingerprint density at radius 2 is 2.14 bits per heavy atom. The summed E-state index contributed by atoms with van der Waals surface area (Å²) >= 11 is 0. The quantitative estimate of drug-likeness (QED) is 0.417. The number of hydrogen-bond acceptors (Lipinski definition) is 1. The average molecular weight is 112 g/mol. The minimum absolute atomic E-state index is 0. The number of carboxylic acids is 1. The van der Waals surface area contributed by atoms with E-state index >= 15 is 0 Å². The first-order chi connectivity index (χ1) is 2.77. The van der Waals surface area contributed by atoms with Gasteiger partial charge >= 0.3 is 5.97 Å². The Hall–Kier alpha value is 0.470. The van der Waals surface area contributed by atoms with Crippen molar-refractivity contribution >= 4 is 35.5 Å². The van der Waals surface area contributed by atoms with Crippen molar-refractivity contribution < 1.29 is 9.90 Å². The van der Waals surface area contributed by atoms with Gasteiger partial charge in [-0.1, -0.05) is 6.92 Å². The molecule has 0 aliphatic rings. The van der Waals surface area contributed by atoms with E-state index in [1.165, 1.54) is 0 Å². The zero-order chi connectivity index (χ0) is 4.99. The number of aliphatic carboxylic acids is 1. The zero-order valence-corrected chi connectivity index (χ0v) is 6.77. The second-order valence-corrected chi connectivity index (χ2v) is 1.14. The number of carbonyl (C=O) groups is 1. The van der Waals surface area contributed by atoms with Crippen LogP contribution in [0.15, 0.2) is 0 Å². The summed E-state index contributed by atoms with van der Waals surface area (Å²) in [5, 5.41) is 7.91. The van der Waals surface area contributed by atoms with E-state index in [2.05, 4.69) is 0 Å². The van der Waals surface area contributed by atoms with Gasteiger partial charge in [0.2, 0.25) is 0 Å². The molecule has 0 bridgehead atoms. The molecule has 0 fully saturated rings. The van der Waals surface area contributed by atoms with Crippen LogP contribution in [0.5, 0.6) is 0 Å². The average Bonchev–Trinajstić information content (AvgIpc) is 1.35. The van der Waals surface area contributed by atoms with E-state index in [4.69, 9.17) is 5.11 Å². The SMILES string of the molecule is [13CH3]CCC(=O)O.[Na]. The van der Waals surface area contributed by atoms with E-state index in [1.54, 1.807) is 0 Å². The summed E-state index contributed by atoms with van der Waals surface area (Å²) in [6, 6.07) is 0. The number of carboxylic acid groups (broad SMARTS) is 1. The van der Waals surface area contributed by atoms with Crippen molar-refractivity contribution in [1.29, 1.82) is 0 Å². The smallest absolute Gasteiger partial charge is 0.303 e. The molecule has 0 saturated heterocycles. The molecule has 1 radical (unpaired) electrons. The summed E-state index contributed by atoms with van der Waals surface area (Å²) in [7, 11) is 0. The van der Waals surface area contributed by atoms with Crippen LogP contribution < -0.4 is 0 Å². The Kier molecular flexibility index (Phi) is 9.66. The van der Waals surface area contributed by atoms with Crippen LogP contribution in [0.2, 0.25) is 0 Å². The fraction of sp³-hybridized carbons (Fsp3) is 0.750. The van der Waals surface area contributed by atoms with Crippen LogP contribution in [0, 0.1) is 0 Å². The van der Waals surface area contributed by atoms with Crippen molar-refractivity contribution in [1.82, 2.24) is 0 Å². The third kappa shape index (κ3) is 10.7. The summed E-state index contributed by atoms with van der Waals surface area (Å²) in [5.74, 6) is -0.711. The molecule has 0 saturated carbocycles. The van der Waals surface area contributed by atoms with Gasteiger partial charge in [-0.05, 0) is 6.42 Å². The first kappa shape index (κ1) is 10.5. The van der Waals surface area contributed by atoms with Crippen molar-refractivity contribution in [2.45, 2.75) is 19.8 Å². The second-order valence-electron chi connectivity index (χ2n) is 1.14. The van der Waals surface area contributed by atoms with Crippen LogP contribution in [0.3, 0.4) is 0 Å². The van der Waals surface area contributed by atoms with Gasteiger partial charge in [0.1, 0.15) is 0 Å². The molecule has 0 amide bonds. The van der Waals surface area contributed by atoms with Gasteiger partial charge in [-0.25, -0.2) is 0 Å². The van der Waals surface area contributed by atoms with E-state index in [0.717, 1.165) is 6.42 Å². The standard InChI is InChI=1S/C4H8O2.Na/c1-2-3-4(5)6;/h2-3H2,1H3,(H,5,6);/i1+1;. The maximum Gasteiger partial charge on any atom is 0.303 e. The van der Waals surface area contributed by atoms with Gasteiger partial charge in [0.15, 0.2) is 0 Å². The van der Waals surface area contributed by atoms with Gasteiger partial charge in [0, 0.05) is 36.0 Å². The molecule has 37 valence electrons. The maximum atomic E-state index is 9.60. The molecule has 7 heavy (non-hydrogen) atoms. The molecule has 0 aromatic rings. The van der Waals surface area contributed by atoms with Crippen LogP contribution >= 0.6 is 0 Å². The van der Waals surface area contributed by atoms with Crippen LogP contribution in [0.25, 0.3) is 0 Å². The molecule has 0 unspecified atom stereocenters. The summed E-state index contributed by atoms with van der Waals surface area (Å²) in [6.07, 6.45) is 1.02. The summed E-state index contributed by atoms with van der Waals surface area (Å²) < 4.78 is 0. The van der Waals surface area contributed by atoms with Crippen molar-refractivity contribution in [3.8, 4) is 0 Å². The molecule has 2 nitrogen and oxygen atoms in total. The minimum atomic E-state index is -0.711. The van der Waals surface area contributed by atoms with Crippen LogP contribution in [0.4, 0.5) is 0 Å². The largest absolute Gasteiger partial charge is 0.481 e. The van der Waals surface area contributed by atoms with Crippen molar-refractivity contribution in [3.05, 3.63) is 0 Å². The fourth-order valence-electron chi connectivity index (χ4n) is 0.214.